The molecule has 7 nitrogen and oxygen atoms in total. The van der Waals surface area contributed by atoms with Crippen LogP contribution in [0.25, 0.3) is 16.6 Å². The molecule has 3 heterocycles. The van der Waals surface area contributed by atoms with Gasteiger partial charge in [0.15, 0.2) is 5.65 Å². The molecule has 0 aliphatic carbocycles. The quantitative estimate of drug-likeness (QED) is 0.517. The van der Waals surface area contributed by atoms with E-state index < -0.39 is 9.84 Å². The number of hydrogen-bond donors (Lipinski definition) is 0. The van der Waals surface area contributed by atoms with Gasteiger partial charge in [0.1, 0.15) is 5.82 Å². The summed E-state index contributed by atoms with van der Waals surface area (Å²) in [6.07, 6.45) is 3.38. The second-order valence-corrected chi connectivity index (χ2v) is 9.30. The molecule has 1 fully saturated rings. The van der Waals surface area contributed by atoms with E-state index in [-0.39, 0.29) is 15.6 Å². The zero-order valence-electron chi connectivity index (χ0n) is 16.1. The average molecular weight is 407 g/mol. The molecule has 8 heteroatoms. The van der Waals surface area contributed by atoms with Crippen LogP contribution in [0.4, 0.5) is 5.82 Å². The number of para-hydroxylation sites is 1. The van der Waals surface area contributed by atoms with E-state index in [1.807, 2.05) is 24.3 Å². The largest absolute Gasteiger partial charge is 0.353 e. The first kappa shape index (κ1) is 18.1. The van der Waals surface area contributed by atoms with Crippen molar-refractivity contribution in [1.29, 1.82) is 0 Å². The number of piperidine rings is 1. The zero-order chi connectivity index (χ0) is 20.0. The van der Waals surface area contributed by atoms with Crippen LogP contribution in [0.3, 0.4) is 0 Å². The van der Waals surface area contributed by atoms with Gasteiger partial charge in [-0.05, 0) is 50.5 Å². The summed E-state index contributed by atoms with van der Waals surface area (Å²) >= 11 is 0. The molecule has 0 N–H and O–H groups in total. The SMILES string of the molecule is C[C@H]1CCCCN1c1nc2c(S(=O)(=O)c3ccccc3)nnn2c2ccccc12. The first-order valence-electron chi connectivity index (χ1n) is 9.78. The molecule has 1 atom stereocenters. The predicted octanol–water partition coefficient (Wildman–Crippen LogP) is 3.49. The van der Waals surface area contributed by atoms with E-state index in [4.69, 9.17) is 4.98 Å². The second-order valence-electron chi connectivity index (χ2n) is 7.44. The van der Waals surface area contributed by atoms with E-state index in [0.29, 0.717) is 6.04 Å². The molecule has 2 aromatic carbocycles. The van der Waals surface area contributed by atoms with Crippen molar-refractivity contribution < 1.29 is 8.42 Å². The number of aromatic nitrogens is 4. The molecular weight excluding hydrogens is 386 g/mol. The van der Waals surface area contributed by atoms with Gasteiger partial charge >= 0.3 is 0 Å². The van der Waals surface area contributed by atoms with E-state index in [1.165, 1.54) is 10.9 Å². The Kier molecular flexibility index (Phi) is 4.24. The normalized spacial score (nSPS) is 17.8. The molecule has 29 heavy (non-hydrogen) atoms. The van der Waals surface area contributed by atoms with Gasteiger partial charge in [0.2, 0.25) is 14.9 Å². The van der Waals surface area contributed by atoms with Gasteiger partial charge in [0, 0.05) is 18.0 Å². The number of nitrogens with zero attached hydrogens (tertiary/aromatic N) is 5. The van der Waals surface area contributed by atoms with Crippen molar-refractivity contribution in [1.82, 2.24) is 19.8 Å². The third-order valence-electron chi connectivity index (χ3n) is 5.58. The van der Waals surface area contributed by atoms with E-state index in [2.05, 4.69) is 22.1 Å². The van der Waals surface area contributed by atoms with Crippen molar-refractivity contribution in [3.05, 3.63) is 54.6 Å². The number of fused-ring (bicyclic) bond motifs is 3. The Morgan fingerprint density at radius 2 is 1.76 bits per heavy atom. The fraction of sp³-hybridized carbons (Fsp3) is 0.286. The van der Waals surface area contributed by atoms with Gasteiger partial charge in [-0.2, -0.15) is 4.52 Å². The summed E-state index contributed by atoms with van der Waals surface area (Å²) in [6.45, 7) is 3.09. The molecule has 0 spiro atoms. The molecule has 0 saturated carbocycles. The maximum absolute atomic E-state index is 13.2. The third kappa shape index (κ3) is 2.86. The Morgan fingerprint density at radius 3 is 2.55 bits per heavy atom. The summed E-state index contributed by atoms with van der Waals surface area (Å²) in [6, 6.07) is 16.5. The third-order valence-corrected chi connectivity index (χ3v) is 7.25. The Hall–Kier alpha value is -3.00. The van der Waals surface area contributed by atoms with Crippen molar-refractivity contribution in [3.63, 3.8) is 0 Å². The highest BCUT2D eigenvalue weighted by Crippen LogP contribution is 2.32. The molecule has 1 saturated heterocycles. The molecular formula is C21H21N5O2S. The van der Waals surface area contributed by atoms with Gasteiger partial charge in [-0.25, -0.2) is 13.4 Å². The van der Waals surface area contributed by atoms with Crippen LogP contribution in [0.2, 0.25) is 0 Å². The lowest BCUT2D eigenvalue weighted by molar-refractivity contribution is 0.482. The van der Waals surface area contributed by atoms with Gasteiger partial charge in [-0.15, -0.1) is 5.10 Å². The smallest absolute Gasteiger partial charge is 0.229 e. The van der Waals surface area contributed by atoms with Crippen LogP contribution >= 0.6 is 0 Å². The standard InChI is InChI=1S/C21H21N5O2S/c1-15-9-7-8-14-25(15)19-17-12-5-6-13-18(17)26-20(22-19)21(23-24-26)29(27,28)16-10-3-2-4-11-16/h2-6,10-13,15H,7-9,14H2,1H3/t15-/m0/s1. The monoisotopic (exact) mass is 407 g/mol. The van der Waals surface area contributed by atoms with Gasteiger partial charge in [-0.1, -0.05) is 35.5 Å². The molecule has 1 aliphatic rings. The number of hydrogen-bond acceptors (Lipinski definition) is 6. The van der Waals surface area contributed by atoms with Crippen LogP contribution in [-0.4, -0.2) is 40.8 Å². The van der Waals surface area contributed by atoms with Crippen LogP contribution in [-0.2, 0) is 9.84 Å². The minimum absolute atomic E-state index is 0.111. The molecule has 4 aromatic rings. The molecule has 5 rings (SSSR count). The summed E-state index contributed by atoms with van der Waals surface area (Å²) < 4.78 is 28.0. The van der Waals surface area contributed by atoms with Gasteiger partial charge in [0.25, 0.3) is 0 Å². The van der Waals surface area contributed by atoms with Crippen molar-refractivity contribution in [3.8, 4) is 0 Å². The van der Waals surface area contributed by atoms with E-state index in [0.717, 1.165) is 36.1 Å². The lowest BCUT2D eigenvalue weighted by Crippen LogP contribution is -2.38. The Labute approximate surface area is 168 Å². The minimum atomic E-state index is -3.83. The molecule has 148 valence electrons. The van der Waals surface area contributed by atoms with Crippen molar-refractivity contribution in [2.45, 2.75) is 42.1 Å². The molecule has 0 radical (unpaired) electrons. The van der Waals surface area contributed by atoms with E-state index in [9.17, 15) is 8.42 Å². The lowest BCUT2D eigenvalue weighted by Gasteiger charge is -2.35. The first-order valence-corrected chi connectivity index (χ1v) is 11.3. The Bertz CT molecular complexity index is 1300. The molecule has 1 aliphatic heterocycles. The van der Waals surface area contributed by atoms with Crippen LogP contribution in [0.15, 0.2) is 64.5 Å². The van der Waals surface area contributed by atoms with Crippen LogP contribution in [0, 0.1) is 0 Å². The Balaban J connectivity index is 1.79. The molecule has 0 bridgehead atoms. The Morgan fingerprint density at radius 1 is 1.00 bits per heavy atom. The predicted molar refractivity (Wildman–Crippen MR) is 111 cm³/mol. The summed E-state index contributed by atoms with van der Waals surface area (Å²) in [5.74, 6) is 0.798. The number of benzene rings is 2. The fourth-order valence-corrected chi connectivity index (χ4v) is 5.30. The highest BCUT2D eigenvalue weighted by molar-refractivity contribution is 7.91. The van der Waals surface area contributed by atoms with Crippen LogP contribution < -0.4 is 4.90 Å². The summed E-state index contributed by atoms with van der Waals surface area (Å²) in [5, 5.41) is 9.03. The topological polar surface area (TPSA) is 80.5 Å². The van der Waals surface area contributed by atoms with Crippen LogP contribution in [0.5, 0.6) is 0 Å². The van der Waals surface area contributed by atoms with Crippen LogP contribution in [0.1, 0.15) is 26.2 Å². The van der Waals surface area contributed by atoms with E-state index >= 15 is 0 Å². The summed E-state index contributed by atoms with van der Waals surface area (Å²) in [7, 11) is -3.83. The lowest BCUT2D eigenvalue weighted by atomic mass is 10.0. The van der Waals surface area contributed by atoms with E-state index in [1.54, 1.807) is 30.3 Å². The van der Waals surface area contributed by atoms with Crippen molar-refractivity contribution in [2.75, 3.05) is 11.4 Å². The summed E-state index contributed by atoms with van der Waals surface area (Å²) in [4.78, 5) is 7.27. The summed E-state index contributed by atoms with van der Waals surface area (Å²) in [5.41, 5.74) is 1.06. The first-order chi connectivity index (χ1) is 14.1. The highest BCUT2D eigenvalue weighted by Gasteiger charge is 2.29. The highest BCUT2D eigenvalue weighted by atomic mass is 32.2. The minimum Gasteiger partial charge on any atom is -0.353 e. The fourth-order valence-electron chi connectivity index (χ4n) is 4.05. The van der Waals surface area contributed by atoms with Gasteiger partial charge in [-0.3, -0.25) is 0 Å². The van der Waals surface area contributed by atoms with Gasteiger partial charge < -0.3 is 4.90 Å². The van der Waals surface area contributed by atoms with Crippen molar-refractivity contribution >= 4 is 32.2 Å². The second kappa shape index (κ2) is 6.81. The van der Waals surface area contributed by atoms with Gasteiger partial charge in [0.05, 0.1) is 10.4 Å². The maximum atomic E-state index is 13.2. The maximum Gasteiger partial charge on any atom is 0.229 e. The zero-order valence-corrected chi connectivity index (χ0v) is 16.9. The number of anilines is 1. The average Bonchev–Trinajstić information content (AvgIpc) is 3.19. The molecule has 0 amide bonds. The number of sulfone groups is 1. The molecule has 2 aromatic heterocycles. The van der Waals surface area contributed by atoms with Crippen molar-refractivity contribution in [2.24, 2.45) is 0 Å². The number of rotatable bonds is 3. The molecule has 0 unspecified atom stereocenters.